The third kappa shape index (κ3) is 3.39. The van der Waals surface area contributed by atoms with Crippen LogP contribution in [0, 0.1) is 24.4 Å². The van der Waals surface area contributed by atoms with Crippen LogP contribution in [0.5, 0.6) is 0 Å². The minimum Gasteiger partial charge on any atom is -0.381 e. The van der Waals surface area contributed by atoms with Gasteiger partial charge in [0.25, 0.3) is 0 Å². The molecule has 0 saturated carbocycles. The van der Waals surface area contributed by atoms with Crippen molar-refractivity contribution in [2.75, 3.05) is 0 Å². The molecule has 4 rings (SSSR count). The van der Waals surface area contributed by atoms with Crippen molar-refractivity contribution in [2.45, 2.75) is 32.0 Å². The fourth-order valence-corrected chi connectivity index (χ4v) is 4.10. The summed E-state index contributed by atoms with van der Waals surface area (Å²) in [5.41, 5.74) is -1.32. The average molecular weight is 480 g/mol. The zero-order valence-electron chi connectivity index (χ0n) is 16.0. The molecule has 0 radical (unpaired) electrons. The Bertz CT molecular complexity index is 1230. The van der Waals surface area contributed by atoms with Gasteiger partial charge in [-0.05, 0) is 32.0 Å². The Labute approximate surface area is 178 Å². The lowest BCUT2D eigenvalue weighted by atomic mass is 9.86. The van der Waals surface area contributed by atoms with E-state index in [1.54, 1.807) is 19.9 Å². The second-order valence-corrected chi connectivity index (χ2v) is 8.05. The fraction of sp³-hybridized carbons (Fsp3) is 0.250. The number of aliphatic hydroxyl groups is 1. The monoisotopic (exact) mass is 479 g/mol. The topological polar surface area (TPSA) is 68.8 Å². The first-order valence-electron chi connectivity index (χ1n) is 9.05. The molecule has 0 saturated heterocycles. The molecule has 6 nitrogen and oxygen atoms in total. The van der Waals surface area contributed by atoms with Crippen LogP contribution in [0.15, 0.2) is 47.5 Å². The summed E-state index contributed by atoms with van der Waals surface area (Å²) in [7, 11) is 0. The minimum atomic E-state index is -1.90. The second-order valence-electron chi connectivity index (χ2n) is 7.13. The molecule has 0 aliphatic carbocycles. The summed E-state index contributed by atoms with van der Waals surface area (Å²) in [6, 6.07) is 5.11. The van der Waals surface area contributed by atoms with Crippen LogP contribution in [-0.2, 0) is 12.1 Å². The first kappa shape index (κ1) is 20.5. The quantitative estimate of drug-likeness (QED) is 0.464. The van der Waals surface area contributed by atoms with Crippen LogP contribution in [0.4, 0.5) is 13.2 Å². The maximum absolute atomic E-state index is 14.7. The molecule has 30 heavy (non-hydrogen) atoms. The summed E-state index contributed by atoms with van der Waals surface area (Å²) in [6.45, 7) is 3.18. The van der Waals surface area contributed by atoms with Crippen molar-refractivity contribution in [3.8, 4) is 0 Å². The lowest BCUT2D eigenvalue weighted by Crippen LogP contribution is -2.41. The van der Waals surface area contributed by atoms with E-state index in [2.05, 4.69) is 31.1 Å². The predicted molar refractivity (Wildman–Crippen MR) is 107 cm³/mol. The molecule has 156 valence electrons. The van der Waals surface area contributed by atoms with Crippen molar-refractivity contribution < 1.29 is 18.3 Å². The number of benzene rings is 2. The van der Waals surface area contributed by atoms with Gasteiger partial charge in [-0.2, -0.15) is 10.2 Å². The zero-order valence-corrected chi connectivity index (χ0v) is 17.6. The van der Waals surface area contributed by atoms with E-state index in [0.717, 1.165) is 6.07 Å². The number of fused-ring (bicyclic) bond motifs is 1. The van der Waals surface area contributed by atoms with E-state index in [0.29, 0.717) is 21.6 Å². The molecule has 2 atom stereocenters. The number of aromatic nitrogens is 5. The molecule has 0 unspecified atom stereocenters. The van der Waals surface area contributed by atoms with E-state index >= 15 is 0 Å². The summed E-state index contributed by atoms with van der Waals surface area (Å²) in [6.07, 6.45) is 2.66. The molecule has 0 amide bonds. The van der Waals surface area contributed by atoms with Gasteiger partial charge in [0.15, 0.2) is 5.82 Å². The Kier molecular flexibility index (Phi) is 5.15. The van der Waals surface area contributed by atoms with Crippen LogP contribution >= 0.6 is 15.9 Å². The van der Waals surface area contributed by atoms with Gasteiger partial charge in [0.05, 0.1) is 12.6 Å². The number of aryl methyl sites for hydroxylation is 1. The highest BCUT2D eigenvalue weighted by Gasteiger charge is 2.41. The molecular weight excluding hydrogens is 463 g/mol. The standard InChI is InChI=1S/C20H17BrF3N5O/c1-11-15-5-13(21)6-18(24)19(15)27-29(11)12(2)20(30,8-28-10-25-9-26-28)16-4-3-14(22)7-17(16)23/h3-7,9-10,12,30H,8H2,1-2H3/t12-,20-/m1/s1. The largest absolute Gasteiger partial charge is 0.381 e. The van der Waals surface area contributed by atoms with E-state index in [4.69, 9.17) is 0 Å². The molecule has 1 N–H and O–H groups in total. The van der Waals surface area contributed by atoms with Gasteiger partial charge in [0.2, 0.25) is 0 Å². The number of nitrogens with zero attached hydrogens (tertiary/aromatic N) is 5. The third-order valence-electron chi connectivity index (χ3n) is 5.29. The Morgan fingerprint density at radius 2 is 1.93 bits per heavy atom. The van der Waals surface area contributed by atoms with Crippen LogP contribution in [0.25, 0.3) is 10.9 Å². The van der Waals surface area contributed by atoms with Crippen LogP contribution in [-0.4, -0.2) is 29.7 Å². The Balaban J connectivity index is 1.90. The van der Waals surface area contributed by atoms with Gasteiger partial charge in [0.1, 0.15) is 35.4 Å². The van der Waals surface area contributed by atoms with Crippen LogP contribution in [0.1, 0.15) is 24.2 Å². The lowest BCUT2D eigenvalue weighted by Gasteiger charge is -2.35. The molecule has 0 spiro atoms. The smallest absolute Gasteiger partial charge is 0.152 e. The maximum atomic E-state index is 14.7. The number of hydrogen-bond donors (Lipinski definition) is 1. The van der Waals surface area contributed by atoms with Crippen molar-refractivity contribution in [3.63, 3.8) is 0 Å². The summed E-state index contributed by atoms with van der Waals surface area (Å²) >= 11 is 3.27. The summed E-state index contributed by atoms with van der Waals surface area (Å²) < 4.78 is 46.0. The first-order valence-corrected chi connectivity index (χ1v) is 9.84. The number of halogens is 4. The summed E-state index contributed by atoms with van der Waals surface area (Å²) in [4.78, 5) is 3.85. The van der Waals surface area contributed by atoms with Crippen molar-refractivity contribution >= 4 is 26.8 Å². The Morgan fingerprint density at radius 3 is 2.60 bits per heavy atom. The van der Waals surface area contributed by atoms with E-state index in [1.165, 1.54) is 34.2 Å². The third-order valence-corrected chi connectivity index (χ3v) is 5.75. The van der Waals surface area contributed by atoms with Crippen LogP contribution in [0.2, 0.25) is 0 Å². The van der Waals surface area contributed by atoms with Crippen molar-refractivity contribution in [1.29, 1.82) is 0 Å². The fourth-order valence-electron chi connectivity index (χ4n) is 3.67. The molecule has 2 aromatic heterocycles. The van der Waals surface area contributed by atoms with Gasteiger partial charge in [0, 0.05) is 27.2 Å². The van der Waals surface area contributed by atoms with Crippen molar-refractivity contribution in [1.82, 2.24) is 24.5 Å². The number of hydrogen-bond acceptors (Lipinski definition) is 4. The summed E-state index contributed by atoms with van der Waals surface area (Å²) in [5, 5.41) is 20.6. The van der Waals surface area contributed by atoms with Crippen molar-refractivity contribution in [2.24, 2.45) is 0 Å². The van der Waals surface area contributed by atoms with Crippen molar-refractivity contribution in [3.05, 3.63) is 76.2 Å². The highest BCUT2D eigenvalue weighted by molar-refractivity contribution is 9.10. The highest BCUT2D eigenvalue weighted by Crippen LogP contribution is 2.38. The van der Waals surface area contributed by atoms with Gasteiger partial charge in [-0.25, -0.2) is 22.8 Å². The molecule has 0 fully saturated rings. The van der Waals surface area contributed by atoms with Gasteiger partial charge >= 0.3 is 0 Å². The molecule has 2 heterocycles. The molecule has 4 aromatic rings. The zero-order chi connectivity index (χ0) is 21.6. The van der Waals surface area contributed by atoms with Gasteiger partial charge in [-0.15, -0.1) is 0 Å². The molecule has 0 aliphatic rings. The van der Waals surface area contributed by atoms with E-state index in [-0.39, 0.29) is 17.6 Å². The molecule has 2 aromatic carbocycles. The van der Waals surface area contributed by atoms with Gasteiger partial charge < -0.3 is 5.11 Å². The van der Waals surface area contributed by atoms with E-state index < -0.39 is 29.1 Å². The molecular formula is C20H17BrF3N5O. The second kappa shape index (κ2) is 7.51. The van der Waals surface area contributed by atoms with Gasteiger partial charge in [-0.1, -0.05) is 22.0 Å². The minimum absolute atomic E-state index is 0.130. The average Bonchev–Trinajstić information content (AvgIpc) is 3.29. The summed E-state index contributed by atoms with van der Waals surface area (Å²) in [5.74, 6) is -2.20. The highest BCUT2D eigenvalue weighted by atomic mass is 79.9. The normalized spacial score (nSPS) is 14.8. The van der Waals surface area contributed by atoms with E-state index in [9.17, 15) is 18.3 Å². The number of rotatable bonds is 5. The molecule has 0 bridgehead atoms. The van der Waals surface area contributed by atoms with Gasteiger partial charge in [-0.3, -0.25) is 4.68 Å². The Hall–Kier alpha value is -2.72. The lowest BCUT2D eigenvalue weighted by molar-refractivity contribution is -0.0373. The van der Waals surface area contributed by atoms with Crippen LogP contribution in [0.3, 0.4) is 0 Å². The molecule has 10 heteroatoms. The van der Waals surface area contributed by atoms with E-state index in [1.807, 2.05) is 0 Å². The first-order chi connectivity index (χ1) is 14.2. The SMILES string of the molecule is Cc1c2cc(Br)cc(F)c2nn1[C@H](C)[C@](O)(Cn1cncn1)c1ccc(F)cc1F. The Morgan fingerprint density at radius 1 is 1.17 bits per heavy atom. The predicted octanol–water partition coefficient (Wildman–Crippen LogP) is 4.27. The molecule has 0 aliphatic heterocycles. The van der Waals surface area contributed by atoms with Crippen LogP contribution < -0.4 is 0 Å². The maximum Gasteiger partial charge on any atom is 0.152 e.